The zero-order valence-corrected chi connectivity index (χ0v) is 21.4. The van der Waals surface area contributed by atoms with Crippen molar-refractivity contribution >= 4 is 49.1 Å². The van der Waals surface area contributed by atoms with Gasteiger partial charge in [0.25, 0.3) is 5.91 Å². The van der Waals surface area contributed by atoms with E-state index in [1.165, 1.54) is 24.2 Å². The maximum atomic E-state index is 13.7. The molecule has 2 N–H and O–H groups in total. The van der Waals surface area contributed by atoms with Crippen LogP contribution >= 0.6 is 11.3 Å². The quantitative estimate of drug-likeness (QED) is 0.353. The molecule has 9 heteroatoms. The molecule has 0 radical (unpaired) electrons. The molecule has 1 saturated heterocycles. The van der Waals surface area contributed by atoms with Crippen molar-refractivity contribution in [3.63, 3.8) is 0 Å². The average Bonchev–Trinajstić information content (AvgIpc) is 3.31. The maximum absolute atomic E-state index is 13.7. The fourth-order valence-corrected chi connectivity index (χ4v) is 6.26. The normalized spacial score (nSPS) is 16.4. The Kier molecular flexibility index (Phi) is 6.31. The van der Waals surface area contributed by atoms with Gasteiger partial charge in [-0.25, -0.2) is 4.98 Å². The lowest BCUT2D eigenvalue weighted by molar-refractivity contribution is 0.0951. The number of piperidine rings is 1. The third kappa shape index (κ3) is 4.45. The van der Waals surface area contributed by atoms with E-state index in [1.54, 1.807) is 12.3 Å². The molecule has 4 aromatic heterocycles. The lowest BCUT2D eigenvalue weighted by Crippen LogP contribution is -2.40. The molecule has 0 aliphatic carbocycles. The minimum atomic E-state index is -0.413. The van der Waals surface area contributed by atoms with Crippen LogP contribution in [0.1, 0.15) is 35.3 Å². The first-order valence-electron chi connectivity index (χ1n) is 12.6. The first-order chi connectivity index (χ1) is 18.1. The monoisotopic (exact) mass is 512 g/mol. The van der Waals surface area contributed by atoms with E-state index in [9.17, 15) is 9.59 Å². The SMILES string of the molecule is CN1CCCCC1CNc1ccc2c(=O)c(C(=O)NCc3ccccn3)c3sc4ccccc4n3c2n1. The summed E-state index contributed by atoms with van der Waals surface area (Å²) in [7, 11) is 2.17. The molecule has 1 atom stereocenters. The highest BCUT2D eigenvalue weighted by atomic mass is 32.1. The maximum Gasteiger partial charge on any atom is 0.258 e. The lowest BCUT2D eigenvalue weighted by Gasteiger charge is -2.32. The van der Waals surface area contributed by atoms with Crippen LogP contribution in [-0.4, -0.2) is 51.4 Å². The molecule has 37 heavy (non-hydrogen) atoms. The van der Waals surface area contributed by atoms with Gasteiger partial charge in [0.1, 0.15) is 16.2 Å². The van der Waals surface area contributed by atoms with Gasteiger partial charge >= 0.3 is 0 Å². The Hall–Kier alpha value is -3.82. The molecular formula is C28H28N6O2S. The van der Waals surface area contributed by atoms with Crippen LogP contribution in [0.25, 0.3) is 26.1 Å². The fourth-order valence-electron chi connectivity index (χ4n) is 5.07. The van der Waals surface area contributed by atoms with E-state index in [1.807, 2.05) is 52.9 Å². The molecule has 0 bridgehead atoms. The predicted molar refractivity (Wildman–Crippen MR) is 149 cm³/mol. The van der Waals surface area contributed by atoms with Crippen molar-refractivity contribution in [3.05, 3.63) is 82.3 Å². The van der Waals surface area contributed by atoms with Crippen molar-refractivity contribution in [1.29, 1.82) is 0 Å². The summed E-state index contributed by atoms with van der Waals surface area (Å²) < 4.78 is 2.93. The highest BCUT2D eigenvalue weighted by Crippen LogP contribution is 2.31. The van der Waals surface area contributed by atoms with Gasteiger partial charge in [0.05, 0.1) is 27.8 Å². The van der Waals surface area contributed by atoms with Gasteiger partial charge in [-0.2, -0.15) is 0 Å². The van der Waals surface area contributed by atoms with Crippen molar-refractivity contribution in [2.24, 2.45) is 0 Å². The van der Waals surface area contributed by atoms with E-state index in [0.29, 0.717) is 21.9 Å². The van der Waals surface area contributed by atoms with Crippen LogP contribution in [0.15, 0.2) is 65.6 Å². The topological polar surface area (TPSA) is 91.6 Å². The van der Waals surface area contributed by atoms with Gasteiger partial charge in [0.2, 0.25) is 5.43 Å². The van der Waals surface area contributed by atoms with Crippen molar-refractivity contribution in [3.8, 4) is 0 Å². The van der Waals surface area contributed by atoms with E-state index in [2.05, 4.69) is 27.6 Å². The van der Waals surface area contributed by atoms with Crippen LogP contribution in [0.5, 0.6) is 0 Å². The number of hydrogen-bond acceptors (Lipinski definition) is 7. The van der Waals surface area contributed by atoms with Gasteiger partial charge in [0.15, 0.2) is 5.65 Å². The van der Waals surface area contributed by atoms with E-state index < -0.39 is 5.91 Å². The molecule has 1 aliphatic heterocycles. The molecular weight excluding hydrogens is 484 g/mol. The summed E-state index contributed by atoms with van der Waals surface area (Å²) in [6.07, 6.45) is 5.32. The number of aromatic nitrogens is 3. The zero-order valence-electron chi connectivity index (χ0n) is 20.6. The summed E-state index contributed by atoms with van der Waals surface area (Å²) in [5, 5.41) is 6.79. The Morgan fingerprint density at radius 1 is 1.11 bits per heavy atom. The number of nitrogens with one attached hydrogen (secondary N) is 2. The average molecular weight is 513 g/mol. The predicted octanol–water partition coefficient (Wildman–Crippen LogP) is 4.28. The Morgan fingerprint density at radius 2 is 1.97 bits per heavy atom. The molecule has 0 saturated carbocycles. The molecule has 1 amide bonds. The molecule has 5 heterocycles. The van der Waals surface area contributed by atoms with Gasteiger partial charge in [-0.1, -0.05) is 24.6 Å². The number of anilines is 1. The molecule has 6 rings (SSSR count). The lowest BCUT2D eigenvalue weighted by atomic mass is 10.0. The van der Waals surface area contributed by atoms with Gasteiger partial charge in [-0.3, -0.25) is 19.0 Å². The number of likely N-dealkylation sites (tertiary alicyclic amines) is 1. The number of benzene rings is 1. The molecule has 1 fully saturated rings. The van der Waals surface area contributed by atoms with E-state index >= 15 is 0 Å². The molecule has 188 valence electrons. The Labute approximate surface area is 218 Å². The number of pyridine rings is 3. The number of carbonyl (C=O) groups excluding carboxylic acids is 1. The van der Waals surface area contributed by atoms with Gasteiger partial charge in [0, 0.05) is 18.8 Å². The van der Waals surface area contributed by atoms with Crippen LogP contribution in [0.3, 0.4) is 0 Å². The van der Waals surface area contributed by atoms with Gasteiger partial charge in [-0.05, 0) is 62.8 Å². The van der Waals surface area contributed by atoms with Crippen LogP contribution in [-0.2, 0) is 6.54 Å². The van der Waals surface area contributed by atoms with E-state index in [-0.39, 0.29) is 17.5 Å². The summed E-state index contributed by atoms with van der Waals surface area (Å²) in [4.78, 5) is 39.2. The van der Waals surface area contributed by atoms with Crippen molar-refractivity contribution in [1.82, 2.24) is 24.6 Å². The minimum absolute atomic E-state index is 0.135. The number of hydrogen-bond donors (Lipinski definition) is 2. The number of rotatable bonds is 6. The summed E-state index contributed by atoms with van der Waals surface area (Å²) in [6, 6.07) is 17.5. The number of thiazole rings is 1. The molecule has 0 spiro atoms. The highest BCUT2D eigenvalue weighted by molar-refractivity contribution is 7.24. The smallest absolute Gasteiger partial charge is 0.258 e. The van der Waals surface area contributed by atoms with Crippen LogP contribution in [0.4, 0.5) is 5.82 Å². The molecule has 1 aromatic carbocycles. The second-order valence-electron chi connectivity index (χ2n) is 9.50. The molecule has 1 unspecified atom stereocenters. The van der Waals surface area contributed by atoms with Crippen molar-refractivity contribution in [2.45, 2.75) is 31.8 Å². The third-order valence-electron chi connectivity index (χ3n) is 7.11. The number of fused-ring (bicyclic) bond motifs is 5. The van der Waals surface area contributed by atoms with E-state index in [4.69, 9.17) is 4.98 Å². The Bertz CT molecular complexity index is 1660. The van der Waals surface area contributed by atoms with Crippen molar-refractivity contribution < 1.29 is 4.79 Å². The van der Waals surface area contributed by atoms with Crippen LogP contribution < -0.4 is 16.1 Å². The first-order valence-corrected chi connectivity index (χ1v) is 13.4. The Morgan fingerprint density at radius 3 is 2.81 bits per heavy atom. The second-order valence-corrected chi connectivity index (χ2v) is 10.5. The molecule has 1 aliphatic rings. The molecule has 8 nitrogen and oxygen atoms in total. The number of carbonyl (C=O) groups is 1. The number of nitrogens with zero attached hydrogens (tertiary/aromatic N) is 4. The Balaban J connectivity index is 1.43. The molecule has 5 aromatic rings. The first kappa shape index (κ1) is 23.6. The van der Waals surface area contributed by atoms with Crippen LogP contribution in [0, 0.1) is 0 Å². The fraction of sp³-hybridized carbons (Fsp3) is 0.286. The number of likely N-dealkylation sites (N-methyl/N-ethyl adjacent to an activating group) is 1. The highest BCUT2D eigenvalue weighted by Gasteiger charge is 2.23. The summed E-state index contributed by atoms with van der Waals surface area (Å²) in [5.41, 5.74) is 2.02. The van der Waals surface area contributed by atoms with Gasteiger partial charge < -0.3 is 15.5 Å². The number of amides is 1. The van der Waals surface area contributed by atoms with Crippen LogP contribution in [0.2, 0.25) is 0 Å². The zero-order chi connectivity index (χ0) is 25.4. The summed E-state index contributed by atoms with van der Waals surface area (Å²) in [6.45, 7) is 2.15. The summed E-state index contributed by atoms with van der Waals surface area (Å²) in [5.74, 6) is 0.312. The largest absolute Gasteiger partial charge is 0.368 e. The summed E-state index contributed by atoms with van der Waals surface area (Å²) >= 11 is 1.43. The van der Waals surface area contributed by atoms with Crippen molar-refractivity contribution in [2.75, 3.05) is 25.5 Å². The third-order valence-corrected chi connectivity index (χ3v) is 8.26. The second kappa shape index (κ2) is 9.91. The number of para-hydroxylation sites is 1. The van der Waals surface area contributed by atoms with Gasteiger partial charge in [-0.15, -0.1) is 11.3 Å². The minimum Gasteiger partial charge on any atom is -0.368 e. The van der Waals surface area contributed by atoms with E-state index in [0.717, 1.165) is 41.2 Å². The standard InChI is InChI=1S/C28H28N6O2S/c1-33-15-7-5-9-19(33)17-30-23-13-12-20-25(35)24(27(36)31-16-18-8-4-6-14-29-18)28-34(26(20)32-23)21-10-2-3-11-22(21)37-28/h2-4,6,8,10-14,19H,5,7,9,15-17H2,1H3,(H,30,32)(H,31,36).